The van der Waals surface area contributed by atoms with Crippen LogP contribution in [0.4, 0.5) is 5.69 Å². The van der Waals surface area contributed by atoms with Crippen LogP contribution in [-0.4, -0.2) is 23.7 Å². The molecule has 0 aliphatic heterocycles. The molecule has 1 unspecified atom stereocenters. The van der Waals surface area contributed by atoms with Crippen molar-refractivity contribution in [1.29, 1.82) is 5.26 Å². The van der Waals surface area contributed by atoms with Crippen LogP contribution in [0.25, 0.3) is 6.08 Å². The van der Waals surface area contributed by atoms with Crippen molar-refractivity contribution in [3.63, 3.8) is 0 Å². The lowest BCUT2D eigenvalue weighted by Crippen LogP contribution is -2.34. The molecule has 0 N–H and O–H groups in total. The Balaban J connectivity index is 1.93. The smallest absolute Gasteiger partial charge is 0.230 e. The second-order valence-corrected chi connectivity index (χ2v) is 10.6. The molecule has 1 saturated carbocycles. The van der Waals surface area contributed by atoms with Crippen LogP contribution in [0.3, 0.4) is 0 Å². The largest absolute Gasteiger partial charge is 0.302 e. The van der Waals surface area contributed by atoms with Crippen LogP contribution >= 0.6 is 11.6 Å². The van der Waals surface area contributed by atoms with Crippen LogP contribution in [0, 0.1) is 31.1 Å². The van der Waals surface area contributed by atoms with Gasteiger partial charge >= 0.3 is 0 Å². The fraction of sp³-hybridized carbons (Fsp3) is 0.406. The fourth-order valence-electron chi connectivity index (χ4n) is 4.15. The summed E-state index contributed by atoms with van der Waals surface area (Å²) < 4.78 is 0. The van der Waals surface area contributed by atoms with Crippen molar-refractivity contribution in [2.75, 3.05) is 12.1 Å². The second-order valence-electron chi connectivity index (χ2n) is 10.2. The zero-order chi connectivity index (χ0) is 28.0. The third-order valence-corrected chi connectivity index (χ3v) is 7.69. The van der Waals surface area contributed by atoms with E-state index in [4.69, 9.17) is 16.7 Å². The Morgan fingerprint density at radius 3 is 2.50 bits per heavy atom. The van der Waals surface area contributed by atoms with Crippen molar-refractivity contribution < 1.29 is 4.79 Å². The van der Waals surface area contributed by atoms with Crippen molar-refractivity contribution in [1.82, 2.24) is 4.90 Å². The van der Waals surface area contributed by atoms with Gasteiger partial charge in [0, 0.05) is 30.1 Å². The highest BCUT2D eigenvalue weighted by molar-refractivity contribution is 6.31. The molecule has 0 aromatic heterocycles. The van der Waals surface area contributed by atoms with E-state index < -0.39 is 0 Å². The Kier molecular flexibility index (Phi) is 9.94. The molecule has 0 saturated heterocycles. The molecular formula is C32H39ClN4O. The summed E-state index contributed by atoms with van der Waals surface area (Å²) >= 11 is 6.46. The van der Waals surface area contributed by atoms with Gasteiger partial charge in [0.2, 0.25) is 5.91 Å². The SMILES string of the molecule is CC/C(C)=C\N(/N=C(\C)N(C)C(=O)C1CC1)c1ccc(/C=C/C(CC)c2cc(C)c(C)c(Cl)c2)cc1C#N. The Morgan fingerprint density at radius 1 is 1.21 bits per heavy atom. The van der Waals surface area contributed by atoms with Crippen molar-refractivity contribution in [3.05, 3.63) is 81.0 Å². The Bertz CT molecular complexity index is 1290. The lowest BCUT2D eigenvalue weighted by Gasteiger charge is -2.22. The molecule has 2 aromatic carbocycles. The normalized spacial score (nSPS) is 14.9. The summed E-state index contributed by atoms with van der Waals surface area (Å²) in [6, 6.07) is 12.4. The first-order valence-corrected chi connectivity index (χ1v) is 13.8. The molecular weight excluding hydrogens is 492 g/mol. The topological polar surface area (TPSA) is 59.7 Å². The quantitative estimate of drug-likeness (QED) is 0.186. The van der Waals surface area contributed by atoms with Gasteiger partial charge in [0.05, 0.1) is 11.3 Å². The highest BCUT2D eigenvalue weighted by Crippen LogP contribution is 2.32. The van der Waals surface area contributed by atoms with Crippen LogP contribution in [0.15, 0.2) is 53.3 Å². The van der Waals surface area contributed by atoms with E-state index in [1.165, 1.54) is 11.1 Å². The maximum atomic E-state index is 12.6. The van der Waals surface area contributed by atoms with Crippen LogP contribution < -0.4 is 5.01 Å². The minimum absolute atomic E-state index is 0.0962. The number of nitriles is 1. The van der Waals surface area contributed by atoms with Gasteiger partial charge in [-0.3, -0.25) is 4.79 Å². The molecule has 5 nitrogen and oxygen atoms in total. The number of amides is 1. The van der Waals surface area contributed by atoms with E-state index in [2.05, 4.69) is 51.1 Å². The maximum Gasteiger partial charge on any atom is 0.230 e. The zero-order valence-electron chi connectivity index (χ0n) is 23.7. The van der Waals surface area contributed by atoms with Crippen molar-refractivity contribution in [2.45, 2.75) is 73.1 Å². The second kappa shape index (κ2) is 12.9. The predicted molar refractivity (Wildman–Crippen MR) is 159 cm³/mol. The number of nitrogens with zero attached hydrogens (tertiary/aromatic N) is 4. The molecule has 1 aliphatic rings. The van der Waals surface area contributed by atoms with E-state index in [0.717, 1.165) is 47.4 Å². The highest BCUT2D eigenvalue weighted by Gasteiger charge is 2.33. The van der Waals surface area contributed by atoms with Crippen LogP contribution in [0.2, 0.25) is 5.02 Å². The van der Waals surface area contributed by atoms with E-state index in [1.807, 2.05) is 45.2 Å². The number of benzene rings is 2. The van der Waals surface area contributed by atoms with Gasteiger partial charge in [-0.2, -0.15) is 10.4 Å². The van der Waals surface area contributed by atoms with Crippen molar-refractivity contribution in [2.24, 2.45) is 11.0 Å². The summed E-state index contributed by atoms with van der Waals surface area (Å²) in [5, 5.41) is 17.3. The molecule has 3 rings (SSSR count). The number of hydrazone groups is 1. The molecule has 1 atom stereocenters. The standard InChI is InChI=1S/C32H39ClN4O/c1-8-21(3)20-37(35-24(6)36(7)32(38)27-13-14-27)31-15-11-25(17-29(31)19-34)10-12-26(9-2)28-16-22(4)23(5)30(33)18-28/h10-12,15-18,20,26-27H,8-9,13-14H2,1-7H3/b12-10+,21-20-,35-24+. The monoisotopic (exact) mass is 530 g/mol. The minimum Gasteiger partial charge on any atom is -0.302 e. The fourth-order valence-corrected chi connectivity index (χ4v) is 4.43. The third-order valence-electron chi connectivity index (χ3n) is 7.30. The summed E-state index contributed by atoms with van der Waals surface area (Å²) in [6.45, 7) is 12.2. The molecule has 1 fully saturated rings. The van der Waals surface area contributed by atoms with E-state index in [9.17, 15) is 10.1 Å². The molecule has 1 aliphatic carbocycles. The Hall–Kier alpha value is -3.36. The Labute approximate surface area is 233 Å². The molecule has 0 heterocycles. The molecule has 0 spiro atoms. The average molecular weight is 531 g/mol. The van der Waals surface area contributed by atoms with Gasteiger partial charge in [-0.25, -0.2) is 5.01 Å². The molecule has 0 radical (unpaired) electrons. The number of hydrogen-bond acceptors (Lipinski definition) is 4. The molecule has 1 amide bonds. The first-order chi connectivity index (χ1) is 18.1. The van der Waals surface area contributed by atoms with Gasteiger partial charge in [0.15, 0.2) is 0 Å². The number of carbonyl (C=O) groups is 1. The number of amidine groups is 1. The van der Waals surface area contributed by atoms with E-state index in [-0.39, 0.29) is 17.7 Å². The number of halogens is 1. The van der Waals surface area contributed by atoms with Gasteiger partial charge < -0.3 is 4.90 Å². The summed E-state index contributed by atoms with van der Waals surface area (Å²) in [5.74, 6) is 1.01. The van der Waals surface area contributed by atoms with Crippen LogP contribution in [0.5, 0.6) is 0 Å². The van der Waals surface area contributed by atoms with Gasteiger partial charge in [0.25, 0.3) is 0 Å². The lowest BCUT2D eigenvalue weighted by atomic mass is 9.92. The lowest BCUT2D eigenvalue weighted by molar-refractivity contribution is -0.127. The number of anilines is 1. The predicted octanol–water partition coefficient (Wildman–Crippen LogP) is 8.36. The van der Waals surface area contributed by atoms with Crippen molar-refractivity contribution in [3.8, 4) is 6.07 Å². The molecule has 200 valence electrons. The minimum atomic E-state index is 0.0962. The summed E-state index contributed by atoms with van der Waals surface area (Å²) in [5.41, 5.74) is 6.74. The number of carbonyl (C=O) groups excluding carboxylic acids is 1. The first kappa shape index (κ1) is 29.2. The number of rotatable bonds is 9. The van der Waals surface area contributed by atoms with Crippen LogP contribution in [-0.2, 0) is 4.79 Å². The van der Waals surface area contributed by atoms with Gasteiger partial charge in [-0.1, -0.05) is 55.3 Å². The summed E-state index contributed by atoms with van der Waals surface area (Å²) in [6.07, 6.45) is 9.85. The van der Waals surface area contributed by atoms with Gasteiger partial charge in [-0.05, 0) is 93.8 Å². The molecule has 38 heavy (non-hydrogen) atoms. The average Bonchev–Trinajstić information content (AvgIpc) is 3.76. The van der Waals surface area contributed by atoms with Gasteiger partial charge in [-0.15, -0.1) is 0 Å². The Morgan fingerprint density at radius 2 is 1.92 bits per heavy atom. The maximum absolute atomic E-state index is 12.6. The summed E-state index contributed by atoms with van der Waals surface area (Å²) in [4.78, 5) is 14.2. The zero-order valence-corrected chi connectivity index (χ0v) is 24.4. The van der Waals surface area contributed by atoms with E-state index >= 15 is 0 Å². The molecule has 6 heteroatoms. The molecule has 2 aromatic rings. The number of hydrogen-bond donors (Lipinski definition) is 0. The summed E-state index contributed by atoms with van der Waals surface area (Å²) in [7, 11) is 1.76. The van der Waals surface area contributed by atoms with Gasteiger partial charge in [0.1, 0.15) is 11.9 Å². The number of aryl methyl sites for hydroxylation is 1. The highest BCUT2D eigenvalue weighted by atomic mass is 35.5. The van der Waals surface area contributed by atoms with E-state index in [1.54, 1.807) is 17.0 Å². The molecule has 0 bridgehead atoms. The third kappa shape index (κ3) is 7.14. The van der Waals surface area contributed by atoms with E-state index in [0.29, 0.717) is 17.1 Å². The number of allylic oxidation sites excluding steroid dienone is 2. The first-order valence-electron chi connectivity index (χ1n) is 13.4. The van der Waals surface area contributed by atoms with Crippen molar-refractivity contribution >= 4 is 35.1 Å². The van der Waals surface area contributed by atoms with Crippen LogP contribution in [0.1, 0.15) is 87.1 Å².